The highest BCUT2D eigenvalue weighted by atomic mass is 19.4. The van der Waals surface area contributed by atoms with Crippen LogP contribution in [0.4, 0.5) is 17.6 Å². The maximum atomic E-state index is 14.5. The number of nitrogens with zero attached hydrogens (tertiary/aromatic N) is 2. The molecular weight excluding hydrogens is 384 g/mol. The predicted octanol–water partition coefficient (Wildman–Crippen LogP) is 5.92. The number of methoxy groups -OCH3 is 1. The Kier molecular flexibility index (Phi) is 4.74. The molecule has 4 rings (SSSR count). The van der Waals surface area contributed by atoms with E-state index in [-0.39, 0.29) is 23.5 Å². The Morgan fingerprint density at radius 1 is 0.931 bits per heavy atom. The van der Waals surface area contributed by atoms with Crippen LogP contribution in [0.5, 0.6) is 5.75 Å². The van der Waals surface area contributed by atoms with Crippen LogP contribution in [0, 0.1) is 5.82 Å². The minimum atomic E-state index is -4.50. The van der Waals surface area contributed by atoms with Crippen molar-refractivity contribution in [1.29, 1.82) is 0 Å². The van der Waals surface area contributed by atoms with Gasteiger partial charge in [0.05, 0.1) is 30.3 Å². The Balaban J connectivity index is 1.97. The fourth-order valence-corrected chi connectivity index (χ4v) is 3.40. The Morgan fingerprint density at radius 3 is 2.38 bits per heavy atom. The highest BCUT2D eigenvalue weighted by molar-refractivity contribution is 5.86. The van der Waals surface area contributed by atoms with Crippen molar-refractivity contribution in [3.05, 3.63) is 83.7 Å². The number of halogens is 4. The molecule has 0 spiro atoms. The highest BCUT2D eigenvalue weighted by Crippen LogP contribution is 2.35. The van der Waals surface area contributed by atoms with Crippen LogP contribution in [-0.4, -0.2) is 16.7 Å². The van der Waals surface area contributed by atoms with Gasteiger partial charge >= 0.3 is 6.18 Å². The number of rotatable bonds is 4. The molecule has 4 aromatic rings. The molecule has 3 aromatic carbocycles. The van der Waals surface area contributed by atoms with Gasteiger partial charge in [-0.3, -0.25) is 0 Å². The number of hydrogen-bond donors (Lipinski definition) is 0. The molecule has 1 heterocycles. The number of para-hydroxylation sites is 1. The molecule has 0 unspecified atom stereocenters. The number of fused-ring (bicyclic) bond motifs is 1. The van der Waals surface area contributed by atoms with E-state index in [1.54, 1.807) is 47.0 Å². The lowest BCUT2D eigenvalue weighted by Crippen LogP contribution is -2.12. The van der Waals surface area contributed by atoms with Gasteiger partial charge in [0.15, 0.2) is 0 Å². The van der Waals surface area contributed by atoms with Gasteiger partial charge in [0, 0.05) is 0 Å². The monoisotopic (exact) mass is 400 g/mol. The quantitative estimate of drug-likeness (QED) is 0.398. The molecule has 0 saturated carbocycles. The first-order chi connectivity index (χ1) is 13.9. The smallest absolute Gasteiger partial charge is 0.416 e. The van der Waals surface area contributed by atoms with Gasteiger partial charge in [0.25, 0.3) is 0 Å². The summed E-state index contributed by atoms with van der Waals surface area (Å²) >= 11 is 0. The summed E-state index contributed by atoms with van der Waals surface area (Å²) in [6.07, 6.45) is -4.50. The molecule has 0 N–H and O–H groups in total. The van der Waals surface area contributed by atoms with Crippen molar-refractivity contribution in [2.45, 2.75) is 12.7 Å². The van der Waals surface area contributed by atoms with Crippen molar-refractivity contribution < 1.29 is 22.3 Å². The summed E-state index contributed by atoms with van der Waals surface area (Å²) < 4.78 is 61.9. The Hall–Kier alpha value is -3.35. The normalized spacial score (nSPS) is 11.8. The van der Waals surface area contributed by atoms with Gasteiger partial charge in [-0.05, 0) is 35.9 Å². The summed E-state index contributed by atoms with van der Waals surface area (Å²) in [6, 6.07) is 16.5. The third-order valence-corrected chi connectivity index (χ3v) is 4.73. The van der Waals surface area contributed by atoms with E-state index >= 15 is 0 Å². The summed E-state index contributed by atoms with van der Waals surface area (Å²) in [5, 5.41) is 0. The molecule has 0 radical (unpaired) electrons. The minimum Gasteiger partial charge on any atom is -0.494 e. The number of benzene rings is 3. The lowest BCUT2D eigenvalue weighted by atomic mass is 10.1. The minimum absolute atomic E-state index is 0.0692. The average molecular weight is 400 g/mol. The summed E-state index contributed by atoms with van der Waals surface area (Å²) in [7, 11) is 1.48. The second kappa shape index (κ2) is 7.24. The molecule has 29 heavy (non-hydrogen) atoms. The number of imidazole rings is 1. The molecule has 0 aliphatic rings. The predicted molar refractivity (Wildman–Crippen MR) is 102 cm³/mol. The SMILES string of the molecule is COc1cccc2c1nc(-c1ccccc1F)n2Cc1ccccc1C(F)(F)F. The molecular formula is C22H16F4N2O. The van der Waals surface area contributed by atoms with E-state index in [9.17, 15) is 17.6 Å². The largest absolute Gasteiger partial charge is 0.494 e. The number of aromatic nitrogens is 2. The molecule has 7 heteroatoms. The maximum absolute atomic E-state index is 14.5. The zero-order valence-corrected chi connectivity index (χ0v) is 15.4. The van der Waals surface area contributed by atoms with Crippen molar-refractivity contribution >= 4 is 11.0 Å². The van der Waals surface area contributed by atoms with Gasteiger partial charge in [-0.2, -0.15) is 13.2 Å². The second-order valence-corrected chi connectivity index (χ2v) is 6.48. The van der Waals surface area contributed by atoms with Crippen LogP contribution in [0.25, 0.3) is 22.4 Å². The molecule has 1 aromatic heterocycles. The molecule has 3 nitrogen and oxygen atoms in total. The van der Waals surface area contributed by atoms with Gasteiger partial charge in [0.2, 0.25) is 0 Å². The van der Waals surface area contributed by atoms with Gasteiger partial charge in [-0.15, -0.1) is 0 Å². The van der Waals surface area contributed by atoms with E-state index < -0.39 is 17.6 Å². The Morgan fingerprint density at radius 2 is 1.66 bits per heavy atom. The Bertz CT molecular complexity index is 1180. The first-order valence-electron chi connectivity index (χ1n) is 8.83. The van der Waals surface area contributed by atoms with Crippen molar-refractivity contribution in [3.8, 4) is 17.1 Å². The first-order valence-corrected chi connectivity index (χ1v) is 8.83. The van der Waals surface area contributed by atoms with E-state index in [0.29, 0.717) is 16.8 Å². The molecule has 0 amide bonds. The lowest BCUT2D eigenvalue weighted by Gasteiger charge is -2.15. The zero-order valence-electron chi connectivity index (χ0n) is 15.4. The summed E-state index contributed by atoms with van der Waals surface area (Å²) in [5.41, 5.74) is 0.552. The molecule has 0 aliphatic carbocycles. The third kappa shape index (κ3) is 3.44. The maximum Gasteiger partial charge on any atom is 0.416 e. The van der Waals surface area contributed by atoms with Crippen molar-refractivity contribution in [2.75, 3.05) is 7.11 Å². The van der Waals surface area contributed by atoms with Crippen molar-refractivity contribution in [1.82, 2.24) is 9.55 Å². The first kappa shape index (κ1) is 19.0. The van der Waals surface area contributed by atoms with Crippen LogP contribution >= 0.6 is 0 Å². The van der Waals surface area contributed by atoms with Crippen LogP contribution in [0.1, 0.15) is 11.1 Å². The number of alkyl halides is 3. The lowest BCUT2D eigenvalue weighted by molar-refractivity contribution is -0.138. The van der Waals surface area contributed by atoms with Gasteiger partial charge < -0.3 is 9.30 Å². The van der Waals surface area contributed by atoms with Gasteiger partial charge in [0.1, 0.15) is 22.9 Å². The van der Waals surface area contributed by atoms with Gasteiger partial charge in [-0.1, -0.05) is 36.4 Å². The Labute approximate surface area is 164 Å². The van der Waals surface area contributed by atoms with Crippen LogP contribution < -0.4 is 4.74 Å². The fraction of sp³-hybridized carbons (Fsp3) is 0.136. The molecule has 0 fully saturated rings. The van der Waals surface area contributed by atoms with E-state index in [1.807, 2.05) is 0 Å². The number of ether oxygens (including phenoxy) is 1. The fourth-order valence-electron chi connectivity index (χ4n) is 3.40. The van der Waals surface area contributed by atoms with E-state index in [4.69, 9.17) is 4.74 Å². The average Bonchev–Trinajstić information content (AvgIpc) is 3.06. The standard InChI is InChI=1S/C22H16F4N2O/c1-29-19-12-6-11-18-20(19)27-21(15-8-3-5-10-17(15)23)28(18)13-14-7-2-4-9-16(14)22(24,25)26/h2-12H,13H2,1H3. The topological polar surface area (TPSA) is 27.1 Å². The molecule has 0 bridgehead atoms. The zero-order chi connectivity index (χ0) is 20.6. The summed E-state index contributed by atoms with van der Waals surface area (Å²) in [4.78, 5) is 4.52. The number of hydrogen-bond acceptors (Lipinski definition) is 2. The highest BCUT2D eigenvalue weighted by Gasteiger charge is 2.33. The van der Waals surface area contributed by atoms with Crippen molar-refractivity contribution in [3.63, 3.8) is 0 Å². The molecule has 0 saturated heterocycles. The van der Waals surface area contributed by atoms with Crippen LogP contribution in [0.15, 0.2) is 66.7 Å². The van der Waals surface area contributed by atoms with Crippen LogP contribution in [0.3, 0.4) is 0 Å². The van der Waals surface area contributed by atoms with E-state index in [2.05, 4.69) is 4.98 Å². The summed E-state index contributed by atoms with van der Waals surface area (Å²) in [5.74, 6) is 0.189. The van der Waals surface area contributed by atoms with E-state index in [1.165, 1.54) is 25.3 Å². The molecule has 0 atom stereocenters. The van der Waals surface area contributed by atoms with Gasteiger partial charge in [-0.25, -0.2) is 9.37 Å². The second-order valence-electron chi connectivity index (χ2n) is 6.48. The summed E-state index contributed by atoms with van der Waals surface area (Å²) in [6.45, 7) is -0.122. The van der Waals surface area contributed by atoms with Crippen LogP contribution in [0.2, 0.25) is 0 Å². The van der Waals surface area contributed by atoms with Crippen LogP contribution in [-0.2, 0) is 12.7 Å². The molecule has 148 valence electrons. The molecule has 0 aliphatic heterocycles. The van der Waals surface area contributed by atoms with Crippen molar-refractivity contribution in [2.24, 2.45) is 0 Å². The van der Waals surface area contributed by atoms with E-state index in [0.717, 1.165) is 6.07 Å². The third-order valence-electron chi connectivity index (χ3n) is 4.73.